The van der Waals surface area contributed by atoms with Crippen LogP contribution in [0.2, 0.25) is 0 Å². The van der Waals surface area contributed by atoms with Gasteiger partial charge in [-0.3, -0.25) is 4.68 Å². The molecule has 0 spiro atoms. The summed E-state index contributed by atoms with van der Waals surface area (Å²) < 4.78 is 27.6. The smallest absolute Gasteiger partial charge is 0.215 e. The number of sulfonamides is 1. The first-order valence-corrected chi connectivity index (χ1v) is 7.04. The van der Waals surface area contributed by atoms with Gasteiger partial charge in [0.05, 0.1) is 11.8 Å². The Morgan fingerprint density at radius 3 is 2.76 bits per heavy atom. The quantitative estimate of drug-likeness (QED) is 0.673. The maximum Gasteiger partial charge on any atom is 0.215 e. The van der Waals surface area contributed by atoms with Crippen LogP contribution in [0.15, 0.2) is 6.33 Å². The summed E-state index contributed by atoms with van der Waals surface area (Å²) >= 11 is 0. The number of rotatable bonds is 7. The molecule has 8 heteroatoms. The predicted molar refractivity (Wildman–Crippen MR) is 64.8 cm³/mol. The molecule has 0 aliphatic rings. The SMILES string of the molecule is CCNCC(C)S(=O)(=O)NCc1ncn(C)n1. The number of hydrogen-bond acceptors (Lipinski definition) is 5. The van der Waals surface area contributed by atoms with Gasteiger partial charge in [-0.15, -0.1) is 0 Å². The summed E-state index contributed by atoms with van der Waals surface area (Å²) in [7, 11) is -1.59. The zero-order chi connectivity index (χ0) is 12.9. The molecule has 1 atom stereocenters. The molecule has 0 aliphatic carbocycles. The largest absolute Gasteiger partial charge is 0.316 e. The van der Waals surface area contributed by atoms with Crippen molar-refractivity contribution in [1.29, 1.82) is 0 Å². The van der Waals surface area contributed by atoms with Crippen LogP contribution in [0.3, 0.4) is 0 Å². The van der Waals surface area contributed by atoms with E-state index in [0.717, 1.165) is 6.54 Å². The van der Waals surface area contributed by atoms with E-state index in [1.165, 1.54) is 11.0 Å². The van der Waals surface area contributed by atoms with E-state index in [1.54, 1.807) is 14.0 Å². The topological polar surface area (TPSA) is 88.9 Å². The van der Waals surface area contributed by atoms with Crippen molar-refractivity contribution < 1.29 is 8.42 Å². The zero-order valence-electron chi connectivity index (χ0n) is 10.3. The lowest BCUT2D eigenvalue weighted by molar-refractivity contribution is 0.557. The van der Waals surface area contributed by atoms with E-state index in [9.17, 15) is 8.42 Å². The fourth-order valence-electron chi connectivity index (χ4n) is 1.23. The molecule has 1 aromatic heterocycles. The highest BCUT2D eigenvalue weighted by molar-refractivity contribution is 7.90. The normalized spacial score (nSPS) is 13.8. The maximum absolute atomic E-state index is 11.8. The molecule has 0 saturated carbocycles. The van der Waals surface area contributed by atoms with Gasteiger partial charge >= 0.3 is 0 Å². The Hall–Kier alpha value is -0.990. The monoisotopic (exact) mass is 261 g/mol. The third kappa shape index (κ3) is 4.41. The summed E-state index contributed by atoms with van der Waals surface area (Å²) in [6.45, 7) is 4.91. The van der Waals surface area contributed by atoms with Crippen LogP contribution in [0.5, 0.6) is 0 Å². The summed E-state index contributed by atoms with van der Waals surface area (Å²) in [6.07, 6.45) is 1.53. The molecular weight excluding hydrogens is 242 g/mol. The van der Waals surface area contributed by atoms with E-state index in [2.05, 4.69) is 20.1 Å². The van der Waals surface area contributed by atoms with Gasteiger partial charge < -0.3 is 5.32 Å². The Morgan fingerprint density at radius 1 is 1.53 bits per heavy atom. The fourth-order valence-corrected chi connectivity index (χ4v) is 2.18. The number of hydrogen-bond donors (Lipinski definition) is 2. The van der Waals surface area contributed by atoms with Gasteiger partial charge in [-0.1, -0.05) is 6.92 Å². The van der Waals surface area contributed by atoms with Gasteiger partial charge in [0.2, 0.25) is 10.0 Å². The maximum atomic E-state index is 11.8. The summed E-state index contributed by atoms with van der Waals surface area (Å²) in [5.41, 5.74) is 0. The lowest BCUT2D eigenvalue weighted by Crippen LogP contribution is -2.38. The number of aryl methyl sites for hydroxylation is 1. The number of aromatic nitrogens is 3. The first-order valence-electron chi connectivity index (χ1n) is 5.49. The van der Waals surface area contributed by atoms with Gasteiger partial charge in [0, 0.05) is 13.6 Å². The molecule has 98 valence electrons. The lowest BCUT2D eigenvalue weighted by Gasteiger charge is -2.13. The minimum Gasteiger partial charge on any atom is -0.316 e. The molecule has 0 aromatic carbocycles. The average molecular weight is 261 g/mol. The van der Waals surface area contributed by atoms with Gasteiger partial charge in [0.15, 0.2) is 5.82 Å². The summed E-state index contributed by atoms with van der Waals surface area (Å²) in [4.78, 5) is 3.95. The standard InChI is InChI=1S/C9H19N5O2S/c1-4-10-5-8(2)17(15,16)12-6-9-11-7-14(3)13-9/h7-8,10,12H,4-6H2,1-3H3. The Balaban J connectivity index is 2.49. The average Bonchev–Trinajstić information content (AvgIpc) is 2.69. The second-order valence-electron chi connectivity index (χ2n) is 3.82. The van der Waals surface area contributed by atoms with Crippen molar-refractivity contribution >= 4 is 10.0 Å². The van der Waals surface area contributed by atoms with Crippen molar-refractivity contribution in [2.75, 3.05) is 13.1 Å². The first-order chi connectivity index (χ1) is 7.95. The Kier molecular flexibility index (Phi) is 5.03. The highest BCUT2D eigenvalue weighted by Gasteiger charge is 2.20. The van der Waals surface area contributed by atoms with Crippen LogP contribution in [0.1, 0.15) is 19.7 Å². The Labute approximate surface area is 102 Å². The summed E-state index contributed by atoms with van der Waals surface area (Å²) in [5.74, 6) is 0.465. The molecular formula is C9H19N5O2S. The van der Waals surface area contributed by atoms with Crippen molar-refractivity contribution in [2.24, 2.45) is 7.05 Å². The third-order valence-electron chi connectivity index (χ3n) is 2.29. The predicted octanol–water partition coefficient (Wildman–Crippen LogP) is -0.767. The molecule has 1 rings (SSSR count). The van der Waals surface area contributed by atoms with Crippen molar-refractivity contribution in [3.05, 3.63) is 12.2 Å². The molecule has 1 aromatic rings. The Bertz CT molecular complexity index is 442. The van der Waals surface area contributed by atoms with E-state index < -0.39 is 15.3 Å². The third-order valence-corrected chi connectivity index (χ3v) is 4.06. The molecule has 0 radical (unpaired) electrons. The van der Waals surface area contributed by atoms with E-state index in [-0.39, 0.29) is 6.54 Å². The van der Waals surface area contributed by atoms with Crippen molar-refractivity contribution in [3.8, 4) is 0 Å². The van der Waals surface area contributed by atoms with Crippen LogP contribution in [-0.4, -0.2) is 41.5 Å². The van der Waals surface area contributed by atoms with E-state index in [1.807, 2.05) is 6.92 Å². The number of nitrogens with one attached hydrogen (secondary N) is 2. The van der Waals surface area contributed by atoms with Crippen LogP contribution >= 0.6 is 0 Å². The number of nitrogens with zero attached hydrogens (tertiary/aromatic N) is 3. The van der Waals surface area contributed by atoms with Crippen molar-refractivity contribution in [2.45, 2.75) is 25.6 Å². The summed E-state index contributed by atoms with van der Waals surface area (Å²) in [5, 5.41) is 6.52. The molecule has 0 saturated heterocycles. The van der Waals surface area contributed by atoms with Crippen LogP contribution in [0.4, 0.5) is 0 Å². The van der Waals surface area contributed by atoms with Crippen LogP contribution < -0.4 is 10.0 Å². The molecule has 1 heterocycles. The van der Waals surface area contributed by atoms with Crippen molar-refractivity contribution in [3.63, 3.8) is 0 Å². The van der Waals surface area contributed by atoms with Gasteiger partial charge in [-0.05, 0) is 13.5 Å². The first kappa shape index (κ1) is 14.1. The highest BCUT2D eigenvalue weighted by Crippen LogP contribution is 1.98. The van der Waals surface area contributed by atoms with Crippen molar-refractivity contribution in [1.82, 2.24) is 24.8 Å². The lowest BCUT2D eigenvalue weighted by atomic mass is 10.5. The highest BCUT2D eigenvalue weighted by atomic mass is 32.2. The molecule has 0 fully saturated rings. The van der Waals surface area contributed by atoms with Crippen LogP contribution in [-0.2, 0) is 23.6 Å². The van der Waals surface area contributed by atoms with Gasteiger partial charge in [0.1, 0.15) is 6.33 Å². The van der Waals surface area contributed by atoms with Crippen LogP contribution in [0, 0.1) is 0 Å². The molecule has 0 amide bonds. The van der Waals surface area contributed by atoms with Gasteiger partial charge in [-0.2, -0.15) is 5.10 Å². The Morgan fingerprint density at radius 2 is 2.24 bits per heavy atom. The van der Waals surface area contributed by atoms with E-state index in [0.29, 0.717) is 12.4 Å². The minimum absolute atomic E-state index is 0.125. The fraction of sp³-hybridized carbons (Fsp3) is 0.778. The minimum atomic E-state index is -3.32. The van der Waals surface area contributed by atoms with Gasteiger partial charge in [-0.25, -0.2) is 18.1 Å². The molecule has 1 unspecified atom stereocenters. The molecule has 17 heavy (non-hydrogen) atoms. The van der Waals surface area contributed by atoms with Gasteiger partial charge in [0.25, 0.3) is 0 Å². The van der Waals surface area contributed by atoms with Crippen LogP contribution in [0.25, 0.3) is 0 Å². The summed E-state index contributed by atoms with van der Waals surface area (Å²) in [6, 6.07) is 0. The second-order valence-corrected chi connectivity index (χ2v) is 6.00. The van der Waals surface area contributed by atoms with E-state index in [4.69, 9.17) is 0 Å². The molecule has 7 nitrogen and oxygen atoms in total. The van der Waals surface area contributed by atoms with E-state index >= 15 is 0 Å². The zero-order valence-corrected chi connectivity index (χ0v) is 11.2. The second kappa shape index (κ2) is 6.08. The molecule has 0 aliphatic heterocycles. The molecule has 0 bridgehead atoms. The molecule has 2 N–H and O–H groups in total.